The number of sulfone groups is 3. The van der Waals surface area contributed by atoms with Crippen LogP contribution >= 0.6 is 11.6 Å². The first kappa shape index (κ1) is 42.8. The van der Waals surface area contributed by atoms with Crippen molar-refractivity contribution in [1.82, 2.24) is 15.0 Å². The Kier molecular flexibility index (Phi) is 13.1. The van der Waals surface area contributed by atoms with Gasteiger partial charge in [0, 0.05) is 41.1 Å². The number of rotatable bonds is 18. The molecular weight excluding hydrogens is 830 g/mol. The molecule has 0 atom stereocenters. The summed E-state index contributed by atoms with van der Waals surface area (Å²) < 4.78 is 126. The van der Waals surface area contributed by atoms with Crippen LogP contribution in [0.2, 0.25) is 5.28 Å². The van der Waals surface area contributed by atoms with Gasteiger partial charge in [0.2, 0.25) is 17.2 Å². The van der Waals surface area contributed by atoms with Gasteiger partial charge >= 0.3 is 0 Å². The highest BCUT2D eigenvalue weighted by molar-refractivity contribution is 7.95. The molecule has 0 radical (unpaired) electrons. The molecule has 0 aliphatic rings. The highest BCUT2D eigenvalue weighted by Gasteiger charge is 2.26. The Bertz CT molecular complexity index is 2600. The Morgan fingerprint density at radius 2 is 1.49 bits per heavy atom. The Morgan fingerprint density at radius 1 is 0.855 bits per heavy atom. The fraction of sp³-hybridized carbons (Fsp3) is 0.233. The van der Waals surface area contributed by atoms with E-state index in [4.69, 9.17) is 25.8 Å². The van der Waals surface area contributed by atoms with Crippen molar-refractivity contribution < 1.29 is 57.5 Å². The second-order valence-corrected chi connectivity index (χ2v) is 18.6. The van der Waals surface area contributed by atoms with Crippen LogP contribution in [0.25, 0.3) is 10.8 Å². The van der Waals surface area contributed by atoms with Crippen molar-refractivity contribution in [3.8, 4) is 17.2 Å². The lowest BCUT2D eigenvalue weighted by Gasteiger charge is -2.21. The van der Waals surface area contributed by atoms with Crippen molar-refractivity contribution >= 4 is 91.0 Å². The average Bonchev–Trinajstić information content (AvgIpc) is 3.12. The second-order valence-electron chi connectivity index (χ2n) is 11.0. The van der Waals surface area contributed by atoms with Crippen LogP contribution in [-0.4, -0.2) is 104 Å². The lowest BCUT2D eigenvalue weighted by molar-refractivity contribution is 0.217. The van der Waals surface area contributed by atoms with Crippen LogP contribution in [-0.2, 0) is 44.4 Å². The van der Waals surface area contributed by atoms with Gasteiger partial charge in [-0.1, -0.05) is 13.2 Å². The van der Waals surface area contributed by atoms with E-state index in [1.165, 1.54) is 45.6 Å². The summed E-state index contributed by atoms with van der Waals surface area (Å²) in [6.45, 7) is 6.32. The van der Waals surface area contributed by atoms with E-state index in [2.05, 4.69) is 43.7 Å². The molecule has 0 aliphatic heterocycles. The molecule has 55 heavy (non-hydrogen) atoms. The first-order chi connectivity index (χ1) is 25.7. The summed E-state index contributed by atoms with van der Waals surface area (Å²) in [6, 6.07) is 7.28. The number of halogens is 1. The maximum atomic E-state index is 12.9. The number of phenols is 1. The van der Waals surface area contributed by atoms with E-state index in [1.807, 2.05) is 0 Å². The minimum absolute atomic E-state index is 0.0147. The van der Waals surface area contributed by atoms with Gasteiger partial charge in [-0.05, 0) is 41.3 Å². The molecule has 0 saturated carbocycles. The molecular formula is C30H32ClN7O13S4. The summed E-state index contributed by atoms with van der Waals surface area (Å²) in [5.74, 6) is -3.95. The molecule has 1 aromatic heterocycles. The van der Waals surface area contributed by atoms with Gasteiger partial charge in [0.25, 0.3) is 10.1 Å². The van der Waals surface area contributed by atoms with Crippen molar-refractivity contribution in [2.75, 3.05) is 55.7 Å². The molecule has 0 unspecified atom stereocenters. The molecule has 0 bridgehead atoms. The number of aromatic hydroxyl groups is 1. The molecule has 0 fully saturated rings. The molecule has 25 heteroatoms. The summed E-state index contributed by atoms with van der Waals surface area (Å²) in [6.07, 6.45) is 0. The van der Waals surface area contributed by atoms with Gasteiger partial charge in [-0.25, -0.2) is 25.3 Å². The molecule has 0 saturated heterocycles. The summed E-state index contributed by atoms with van der Waals surface area (Å²) >= 11 is 6.07. The van der Waals surface area contributed by atoms with Crippen molar-refractivity contribution in [2.24, 2.45) is 10.2 Å². The third-order valence-corrected chi connectivity index (χ3v) is 12.3. The fourth-order valence-electron chi connectivity index (χ4n) is 4.66. The topological polar surface area (TPSA) is 283 Å². The van der Waals surface area contributed by atoms with E-state index in [1.54, 1.807) is 0 Å². The van der Waals surface area contributed by atoms with Crippen LogP contribution < -0.4 is 19.7 Å². The number of hydrogen-bond acceptors (Lipinski definition) is 19. The average molecular weight is 862 g/mol. The van der Waals surface area contributed by atoms with Crippen molar-refractivity contribution in [2.45, 2.75) is 9.79 Å². The molecule has 4 aromatic rings. The van der Waals surface area contributed by atoms with E-state index < -0.39 is 78.9 Å². The second kappa shape index (κ2) is 16.8. The summed E-state index contributed by atoms with van der Waals surface area (Å²) in [7, 11) is -13.3. The largest absolute Gasteiger partial charge is 0.505 e. The van der Waals surface area contributed by atoms with Gasteiger partial charge in [0.15, 0.2) is 35.3 Å². The Balaban J connectivity index is 1.78. The van der Waals surface area contributed by atoms with E-state index in [-0.39, 0.29) is 56.8 Å². The molecule has 296 valence electrons. The van der Waals surface area contributed by atoms with E-state index in [9.17, 15) is 43.3 Å². The highest BCUT2D eigenvalue weighted by Crippen LogP contribution is 2.44. The fourth-order valence-corrected chi connectivity index (χ4v) is 8.43. The molecule has 4 rings (SSSR count). The first-order valence-electron chi connectivity index (χ1n) is 15.0. The number of azo groups is 1. The zero-order valence-electron chi connectivity index (χ0n) is 28.9. The molecule has 0 amide bonds. The predicted octanol–water partition coefficient (Wildman–Crippen LogP) is 4.06. The third-order valence-electron chi connectivity index (χ3n) is 7.26. The minimum Gasteiger partial charge on any atom is -0.505 e. The number of benzene rings is 3. The highest BCUT2D eigenvalue weighted by atomic mass is 35.5. The van der Waals surface area contributed by atoms with Crippen molar-refractivity contribution in [1.29, 1.82) is 0 Å². The number of nitrogens with zero attached hydrogens (tertiary/aromatic N) is 6. The number of anilines is 3. The van der Waals surface area contributed by atoms with Crippen molar-refractivity contribution in [3.63, 3.8) is 0 Å². The quantitative estimate of drug-likeness (QED) is 0.0939. The molecule has 20 nitrogen and oxygen atoms in total. The number of ether oxygens (including phenoxy) is 3. The maximum Gasteiger partial charge on any atom is 0.296 e. The van der Waals surface area contributed by atoms with Gasteiger partial charge < -0.3 is 29.5 Å². The van der Waals surface area contributed by atoms with E-state index >= 15 is 0 Å². The van der Waals surface area contributed by atoms with Gasteiger partial charge in [-0.3, -0.25) is 4.55 Å². The Labute approximate surface area is 320 Å². The van der Waals surface area contributed by atoms with E-state index in [0.717, 1.165) is 17.0 Å². The summed E-state index contributed by atoms with van der Waals surface area (Å²) in [5.41, 5.74) is -0.688. The number of nitrogens with one attached hydrogen (secondary N) is 1. The zero-order valence-corrected chi connectivity index (χ0v) is 33.0. The molecule has 1 heterocycles. The first-order valence-corrected chi connectivity index (χ1v) is 21.9. The molecule has 3 N–H and O–H groups in total. The molecule has 0 aliphatic carbocycles. The lowest BCUT2D eigenvalue weighted by atomic mass is 10.1. The lowest BCUT2D eigenvalue weighted by Crippen LogP contribution is -2.35. The number of phenolic OH excluding ortho intramolecular Hbond substituents is 1. The van der Waals surface area contributed by atoms with E-state index in [0.29, 0.717) is 10.8 Å². The SMILES string of the molecule is C=CS(=O)(=O)CN(CS(=O)(=O)C=C)c1nc(Cl)nc(Nc2ccc3c(O)c(N=Nc4cc(OC)c(S(=O)(=O)CCOC)cc4OC)c(S(=O)(=O)O)cc3c2)n1. The molecule has 3 aromatic carbocycles. The Hall–Kier alpha value is -4.98. The third kappa shape index (κ3) is 10.4. The van der Waals surface area contributed by atoms with Gasteiger partial charge in [-0.2, -0.15) is 23.4 Å². The van der Waals surface area contributed by atoms with Gasteiger partial charge in [-0.15, -0.1) is 10.2 Å². The predicted molar refractivity (Wildman–Crippen MR) is 202 cm³/mol. The number of fused-ring (bicyclic) bond motifs is 1. The normalized spacial score (nSPS) is 12.5. The molecule has 0 spiro atoms. The summed E-state index contributed by atoms with van der Waals surface area (Å²) in [5, 5.41) is 22.6. The van der Waals surface area contributed by atoms with Crippen LogP contribution in [0.15, 0.2) is 80.4 Å². The Morgan fingerprint density at radius 3 is 2.05 bits per heavy atom. The van der Waals surface area contributed by atoms with Crippen LogP contribution in [0.1, 0.15) is 0 Å². The summed E-state index contributed by atoms with van der Waals surface area (Å²) in [4.78, 5) is 11.5. The standard InChI is InChI=1S/C30H32ClN7O13S4/c1-6-52(40,41)16-38(17-53(42,43)7-2)30-34-28(31)33-29(35-30)32-19-8-9-20-18(12-19)13-25(55(46,47)48)26(27(20)39)37-36-21-14-23(51-5)24(15-22(21)50-4)54(44,45)11-10-49-3/h6-9,12-15,39H,1-2,10-11,16-17H2,3-5H3,(H,46,47,48)(H,32,33,34,35). The van der Waals surface area contributed by atoms with Crippen molar-refractivity contribution in [3.05, 3.63) is 65.7 Å². The van der Waals surface area contributed by atoms with Crippen LogP contribution in [0.4, 0.5) is 29.0 Å². The van der Waals surface area contributed by atoms with Crippen LogP contribution in [0, 0.1) is 0 Å². The number of aromatic nitrogens is 3. The van der Waals surface area contributed by atoms with Gasteiger partial charge in [0.05, 0.1) is 26.6 Å². The monoisotopic (exact) mass is 861 g/mol. The zero-order chi connectivity index (χ0) is 40.9. The van der Waals surface area contributed by atoms with Crippen LogP contribution in [0.5, 0.6) is 17.2 Å². The smallest absolute Gasteiger partial charge is 0.296 e. The minimum atomic E-state index is -5.09. The number of hydrogen-bond donors (Lipinski definition) is 3. The number of methoxy groups -OCH3 is 3. The van der Waals surface area contributed by atoms with Gasteiger partial charge in [0.1, 0.15) is 44.4 Å². The maximum absolute atomic E-state index is 12.9. The van der Waals surface area contributed by atoms with Crippen LogP contribution in [0.3, 0.4) is 0 Å².